The number of benzene rings is 1. The van der Waals surface area contributed by atoms with E-state index in [0.29, 0.717) is 5.02 Å². The standard InChI is InChI=1S/C10H7Br2ClN2/c1-15-10(12)5-9(14-15)7-3-2-6(13)4-8(7)11/h2-5H,1H3. The average Bonchev–Trinajstić information content (AvgIpc) is 2.46. The fraction of sp³-hybridized carbons (Fsp3) is 0.100. The van der Waals surface area contributed by atoms with E-state index in [1.54, 1.807) is 4.68 Å². The molecule has 78 valence electrons. The molecule has 5 heteroatoms. The highest BCUT2D eigenvalue weighted by atomic mass is 79.9. The average molecular weight is 350 g/mol. The number of hydrogen-bond acceptors (Lipinski definition) is 1. The number of halogens is 3. The van der Waals surface area contributed by atoms with Crippen LogP contribution in [0.2, 0.25) is 5.02 Å². The van der Waals surface area contributed by atoms with E-state index in [1.807, 2.05) is 31.3 Å². The summed E-state index contributed by atoms with van der Waals surface area (Å²) < 4.78 is 3.66. The number of rotatable bonds is 1. The third-order valence-electron chi connectivity index (χ3n) is 2.03. The van der Waals surface area contributed by atoms with E-state index in [0.717, 1.165) is 20.3 Å². The Labute approximate surface area is 109 Å². The highest BCUT2D eigenvalue weighted by molar-refractivity contribution is 9.10. The zero-order valence-corrected chi connectivity index (χ0v) is 11.8. The smallest absolute Gasteiger partial charge is 0.104 e. The van der Waals surface area contributed by atoms with Crippen molar-refractivity contribution in [3.63, 3.8) is 0 Å². The van der Waals surface area contributed by atoms with Crippen LogP contribution in [0.4, 0.5) is 0 Å². The molecule has 1 aromatic carbocycles. The summed E-state index contributed by atoms with van der Waals surface area (Å²) in [4.78, 5) is 0. The Kier molecular flexibility index (Phi) is 3.19. The monoisotopic (exact) mass is 348 g/mol. The predicted molar refractivity (Wildman–Crippen MR) is 69.1 cm³/mol. The first-order valence-corrected chi connectivity index (χ1v) is 6.19. The van der Waals surface area contributed by atoms with E-state index in [2.05, 4.69) is 37.0 Å². The molecule has 15 heavy (non-hydrogen) atoms. The second-order valence-electron chi connectivity index (χ2n) is 3.10. The van der Waals surface area contributed by atoms with Crippen LogP contribution in [0, 0.1) is 0 Å². The minimum absolute atomic E-state index is 0.709. The molecule has 0 aliphatic carbocycles. The molecule has 1 aromatic heterocycles. The van der Waals surface area contributed by atoms with E-state index in [1.165, 1.54) is 0 Å². The molecule has 0 amide bonds. The van der Waals surface area contributed by atoms with Gasteiger partial charge in [0.15, 0.2) is 0 Å². The normalized spacial score (nSPS) is 10.7. The van der Waals surface area contributed by atoms with Gasteiger partial charge in [-0.15, -0.1) is 0 Å². The fourth-order valence-corrected chi connectivity index (χ4v) is 2.46. The van der Waals surface area contributed by atoms with Gasteiger partial charge in [0.25, 0.3) is 0 Å². The molecule has 0 spiro atoms. The summed E-state index contributed by atoms with van der Waals surface area (Å²) in [6.45, 7) is 0. The second-order valence-corrected chi connectivity index (χ2v) is 5.20. The number of aromatic nitrogens is 2. The molecule has 2 nitrogen and oxygen atoms in total. The van der Waals surface area contributed by atoms with Crippen LogP contribution in [0.25, 0.3) is 11.3 Å². The summed E-state index contributed by atoms with van der Waals surface area (Å²) in [5.74, 6) is 0. The predicted octanol–water partition coefficient (Wildman–Crippen LogP) is 4.27. The molecule has 0 bridgehead atoms. The number of aryl methyl sites for hydroxylation is 1. The van der Waals surface area contributed by atoms with E-state index < -0.39 is 0 Å². The molecule has 0 unspecified atom stereocenters. The van der Waals surface area contributed by atoms with Crippen molar-refractivity contribution in [2.75, 3.05) is 0 Å². The lowest BCUT2D eigenvalue weighted by Gasteiger charge is -2.00. The first kappa shape index (κ1) is 11.2. The largest absolute Gasteiger partial charge is 0.261 e. The lowest BCUT2D eigenvalue weighted by atomic mass is 10.2. The van der Waals surface area contributed by atoms with Crippen molar-refractivity contribution in [2.45, 2.75) is 0 Å². The first-order valence-electron chi connectivity index (χ1n) is 4.23. The van der Waals surface area contributed by atoms with E-state index in [9.17, 15) is 0 Å². The van der Waals surface area contributed by atoms with Crippen LogP contribution in [0.5, 0.6) is 0 Å². The Balaban J connectivity index is 2.54. The van der Waals surface area contributed by atoms with Crippen LogP contribution >= 0.6 is 43.5 Å². The Morgan fingerprint density at radius 1 is 1.27 bits per heavy atom. The first-order chi connectivity index (χ1) is 7.08. The maximum atomic E-state index is 5.88. The summed E-state index contributed by atoms with van der Waals surface area (Å²) in [7, 11) is 1.89. The SMILES string of the molecule is Cn1nc(-c2ccc(Cl)cc2Br)cc1Br. The van der Waals surface area contributed by atoms with Gasteiger partial charge in [0.2, 0.25) is 0 Å². The molecular formula is C10H7Br2ClN2. The maximum Gasteiger partial charge on any atom is 0.104 e. The maximum absolute atomic E-state index is 5.88. The van der Waals surface area contributed by atoms with Crippen molar-refractivity contribution in [3.05, 3.63) is 38.4 Å². The topological polar surface area (TPSA) is 17.8 Å². The molecule has 1 heterocycles. The van der Waals surface area contributed by atoms with Crippen LogP contribution in [0.15, 0.2) is 33.3 Å². The van der Waals surface area contributed by atoms with Gasteiger partial charge in [-0.25, -0.2) is 0 Å². The Bertz CT molecular complexity index is 489. The minimum atomic E-state index is 0.709. The molecule has 0 atom stereocenters. The summed E-state index contributed by atoms with van der Waals surface area (Å²) in [5.41, 5.74) is 1.94. The van der Waals surface area contributed by atoms with E-state index in [4.69, 9.17) is 11.6 Å². The third-order valence-corrected chi connectivity index (χ3v) is 3.66. The van der Waals surface area contributed by atoms with Crippen molar-refractivity contribution in [3.8, 4) is 11.3 Å². The Hall–Kier alpha value is -0.320. The fourth-order valence-electron chi connectivity index (χ4n) is 1.27. The number of nitrogens with zero attached hydrogens (tertiary/aromatic N) is 2. The molecule has 0 aliphatic heterocycles. The zero-order chi connectivity index (χ0) is 11.0. The minimum Gasteiger partial charge on any atom is -0.261 e. The number of hydrogen-bond donors (Lipinski definition) is 0. The van der Waals surface area contributed by atoms with E-state index in [-0.39, 0.29) is 0 Å². The van der Waals surface area contributed by atoms with Crippen molar-refractivity contribution >= 4 is 43.5 Å². The summed E-state index contributed by atoms with van der Waals surface area (Å²) >= 11 is 12.8. The highest BCUT2D eigenvalue weighted by Crippen LogP contribution is 2.30. The Morgan fingerprint density at radius 2 is 2.00 bits per heavy atom. The van der Waals surface area contributed by atoms with Crippen molar-refractivity contribution in [1.82, 2.24) is 9.78 Å². The molecule has 0 saturated heterocycles. The van der Waals surface area contributed by atoms with Gasteiger partial charge in [-0.3, -0.25) is 4.68 Å². The van der Waals surface area contributed by atoms with E-state index >= 15 is 0 Å². The van der Waals surface area contributed by atoms with Gasteiger partial charge in [0, 0.05) is 22.1 Å². The summed E-state index contributed by atoms with van der Waals surface area (Å²) in [6, 6.07) is 7.62. The molecule has 2 aromatic rings. The van der Waals surface area contributed by atoms with Crippen LogP contribution in [0.3, 0.4) is 0 Å². The molecule has 2 rings (SSSR count). The lowest BCUT2D eigenvalue weighted by molar-refractivity contribution is 0.752. The molecular weight excluding hydrogens is 343 g/mol. The van der Waals surface area contributed by atoms with Crippen molar-refractivity contribution in [1.29, 1.82) is 0 Å². The highest BCUT2D eigenvalue weighted by Gasteiger charge is 2.08. The summed E-state index contributed by atoms with van der Waals surface area (Å²) in [5, 5.41) is 5.08. The molecule has 0 saturated carbocycles. The molecule has 0 N–H and O–H groups in total. The molecule has 0 aliphatic rings. The quantitative estimate of drug-likeness (QED) is 0.751. The van der Waals surface area contributed by atoms with Crippen molar-refractivity contribution in [2.24, 2.45) is 7.05 Å². The molecule has 0 radical (unpaired) electrons. The van der Waals surface area contributed by atoms with Crippen LogP contribution in [-0.2, 0) is 7.05 Å². The van der Waals surface area contributed by atoms with Gasteiger partial charge in [-0.1, -0.05) is 33.6 Å². The van der Waals surface area contributed by atoms with Crippen LogP contribution in [0.1, 0.15) is 0 Å². The van der Waals surface area contributed by atoms with Crippen molar-refractivity contribution < 1.29 is 0 Å². The van der Waals surface area contributed by atoms with Gasteiger partial charge in [-0.2, -0.15) is 5.10 Å². The van der Waals surface area contributed by atoms with Gasteiger partial charge >= 0.3 is 0 Å². The van der Waals surface area contributed by atoms with Gasteiger partial charge in [0.05, 0.1) is 5.69 Å². The van der Waals surface area contributed by atoms with Gasteiger partial charge < -0.3 is 0 Å². The molecule has 0 fully saturated rings. The van der Waals surface area contributed by atoms with Gasteiger partial charge in [0.1, 0.15) is 4.60 Å². The van der Waals surface area contributed by atoms with Crippen LogP contribution in [-0.4, -0.2) is 9.78 Å². The summed E-state index contributed by atoms with van der Waals surface area (Å²) in [6.07, 6.45) is 0. The Morgan fingerprint density at radius 3 is 2.53 bits per heavy atom. The lowest BCUT2D eigenvalue weighted by Crippen LogP contribution is -1.90. The van der Waals surface area contributed by atoms with Crippen LogP contribution < -0.4 is 0 Å². The van der Waals surface area contributed by atoms with Gasteiger partial charge in [-0.05, 0) is 34.1 Å². The zero-order valence-electron chi connectivity index (χ0n) is 7.84. The third kappa shape index (κ3) is 2.27. The second kappa shape index (κ2) is 4.28.